The molecular weight excluding hydrogens is 416 g/mol. The number of allylic oxidation sites excluding steroid dienone is 1. The lowest BCUT2D eigenvalue weighted by Crippen LogP contribution is -2.14. The molecule has 29 heavy (non-hydrogen) atoms. The molecule has 0 aliphatic carbocycles. The van der Waals surface area contributed by atoms with Gasteiger partial charge >= 0.3 is 0 Å². The van der Waals surface area contributed by atoms with Crippen LogP contribution in [0.2, 0.25) is 0 Å². The summed E-state index contributed by atoms with van der Waals surface area (Å²) in [4.78, 5) is 17.0. The van der Waals surface area contributed by atoms with Crippen molar-refractivity contribution in [3.63, 3.8) is 0 Å². The van der Waals surface area contributed by atoms with E-state index >= 15 is 0 Å². The third-order valence-electron chi connectivity index (χ3n) is 3.62. The molecular formula is C19H17F2N5OS2. The van der Waals surface area contributed by atoms with E-state index in [1.54, 1.807) is 36.5 Å². The normalized spacial score (nSPS) is 10.9. The van der Waals surface area contributed by atoms with Gasteiger partial charge in [-0.25, -0.2) is 0 Å². The number of anilines is 1. The number of aromatic nitrogens is 4. The van der Waals surface area contributed by atoms with Gasteiger partial charge in [-0.2, -0.15) is 8.78 Å². The van der Waals surface area contributed by atoms with Crippen LogP contribution in [-0.4, -0.2) is 37.2 Å². The van der Waals surface area contributed by atoms with Crippen molar-refractivity contribution in [2.75, 3.05) is 11.1 Å². The molecule has 2 aromatic heterocycles. The summed E-state index contributed by atoms with van der Waals surface area (Å²) in [5.41, 5.74) is 1.22. The molecule has 0 aliphatic rings. The highest BCUT2D eigenvalue weighted by molar-refractivity contribution is 8.00. The predicted molar refractivity (Wildman–Crippen MR) is 111 cm³/mol. The minimum Gasteiger partial charge on any atom is -0.325 e. The second-order valence-corrected chi connectivity index (χ2v) is 7.67. The first-order valence-corrected chi connectivity index (χ1v) is 10.4. The summed E-state index contributed by atoms with van der Waals surface area (Å²) in [6, 6.07) is 11.8. The van der Waals surface area contributed by atoms with Crippen LogP contribution in [0, 0.1) is 0 Å². The Labute approximate surface area is 174 Å². The number of hydrogen-bond donors (Lipinski definition) is 1. The third kappa shape index (κ3) is 5.88. The van der Waals surface area contributed by atoms with Crippen LogP contribution in [-0.2, 0) is 11.3 Å². The average Bonchev–Trinajstić information content (AvgIpc) is 3.11. The second-order valence-electron chi connectivity index (χ2n) is 5.66. The first-order chi connectivity index (χ1) is 14.1. The summed E-state index contributed by atoms with van der Waals surface area (Å²) >= 11 is 1.70. The molecule has 0 radical (unpaired) electrons. The molecule has 0 fully saturated rings. The predicted octanol–water partition coefficient (Wildman–Crippen LogP) is 4.57. The van der Waals surface area contributed by atoms with E-state index in [4.69, 9.17) is 0 Å². The Morgan fingerprint density at radius 2 is 2.00 bits per heavy atom. The van der Waals surface area contributed by atoms with Crippen LogP contribution in [0.25, 0.3) is 11.5 Å². The van der Waals surface area contributed by atoms with Crippen LogP contribution in [0.3, 0.4) is 0 Å². The Morgan fingerprint density at radius 3 is 2.66 bits per heavy atom. The largest absolute Gasteiger partial charge is 0.325 e. The highest BCUT2D eigenvalue weighted by atomic mass is 32.2. The van der Waals surface area contributed by atoms with E-state index in [0.29, 0.717) is 45.6 Å². The fourth-order valence-electron chi connectivity index (χ4n) is 2.42. The molecule has 10 heteroatoms. The SMILES string of the molecule is C=CCn1c(SCC(=O)Nc2ccc(SC(F)F)cc2)nnc1-c1ccccn1. The number of carbonyl (C=O) groups excluding carboxylic acids is 1. The summed E-state index contributed by atoms with van der Waals surface area (Å²) in [5.74, 6) is -2.00. The Balaban J connectivity index is 1.63. The lowest BCUT2D eigenvalue weighted by Gasteiger charge is -2.08. The van der Waals surface area contributed by atoms with Gasteiger partial charge in [0.15, 0.2) is 11.0 Å². The summed E-state index contributed by atoms with van der Waals surface area (Å²) in [5, 5.41) is 11.7. The van der Waals surface area contributed by atoms with Crippen LogP contribution in [0.5, 0.6) is 0 Å². The maximum Gasteiger partial charge on any atom is 0.288 e. The van der Waals surface area contributed by atoms with Crippen molar-refractivity contribution in [2.45, 2.75) is 22.4 Å². The van der Waals surface area contributed by atoms with E-state index in [0.717, 1.165) is 0 Å². The standard InChI is InChI=1S/C19H17F2N5OS2/c1-2-11-26-17(15-5-3-4-10-22-15)24-25-19(26)28-12-16(27)23-13-6-8-14(9-7-13)29-18(20)21/h2-10,18H,1,11-12H2,(H,23,27). The van der Waals surface area contributed by atoms with Crippen molar-refractivity contribution in [2.24, 2.45) is 0 Å². The van der Waals surface area contributed by atoms with Crippen LogP contribution >= 0.6 is 23.5 Å². The minimum absolute atomic E-state index is 0.116. The van der Waals surface area contributed by atoms with Gasteiger partial charge in [-0.1, -0.05) is 35.7 Å². The van der Waals surface area contributed by atoms with Gasteiger partial charge in [-0.05, 0) is 36.4 Å². The maximum atomic E-state index is 12.4. The van der Waals surface area contributed by atoms with Gasteiger partial charge in [-0.15, -0.1) is 16.8 Å². The van der Waals surface area contributed by atoms with E-state index in [9.17, 15) is 13.6 Å². The molecule has 0 saturated carbocycles. The zero-order valence-electron chi connectivity index (χ0n) is 15.2. The highest BCUT2D eigenvalue weighted by Crippen LogP contribution is 2.26. The number of benzene rings is 1. The first-order valence-electron chi connectivity index (χ1n) is 8.50. The average molecular weight is 434 g/mol. The number of rotatable bonds is 9. The fraction of sp³-hybridized carbons (Fsp3) is 0.158. The molecule has 1 amide bonds. The third-order valence-corrected chi connectivity index (χ3v) is 5.31. The van der Waals surface area contributed by atoms with Gasteiger partial charge in [0.05, 0.1) is 5.75 Å². The lowest BCUT2D eigenvalue weighted by molar-refractivity contribution is -0.113. The number of amides is 1. The van der Waals surface area contributed by atoms with Crippen LogP contribution in [0.4, 0.5) is 14.5 Å². The number of nitrogens with one attached hydrogen (secondary N) is 1. The highest BCUT2D eigenvalue weighted by Gasteiger charge is 2.15. The molecule has 0 bridgehead atoms. The molecule has 3 aromatic rings. The van der Waals surface area contributed by atoms with Crippen molar-refractivity contribution in [3.8, 4) is 11.5 Å². The Kier molecular flexibility index (Phi) is 7.36. The van der Waals surface area contributed by atoms with Crippen LogP contribution < -0.4 is 5.32 Å². The first kappa shape index (κ1) is 21.0. The smallest absolute Gasteiger partial charge is 0.288 e. The van der Waals surface area contributed by atoms with Crippen molar-refractivity contribution in [1.29, 1.82) is 0 Å². The van der Waals surface area contributed by atoms with E-state index in [1.807, 2.05) is 22.8 Å². The number of halogens is 2. The van der Waals surface area contributed by atoms with Crippen molar-refractivity contribution in [3.05, 3.63) is 61.3 Å². The molecule has 0 spiro atoms. The number of alkyl halides is 2. The quantitative estimate of drug-likeness (QED) is 0.394. The van der Waals surface area contributed by atoms with Gasteiger partial charge < -0.3 is 5.32 Å². The van der Waals surface area contributed by atoms with Gasteiger partial charge in [0.25, 0.3) is 5.76 Å². The molecule has 3 rings (SSSR count). The lowest BCUT2D eigenvalue weighted by atomic mass is 10.3. The number of carbonyl (C=O) groups is 1. The van der Waals surface area contributed by atoms with Crippen molar-refractivity contribution in [1.82, 2.24) is 19.7 Å². The molecule has 2 heterocycles. The van der Waals surface area contributed by atoms with Gasteiger partial charge in [0, 0.05) is 23.3 Å². The summed E-state index contributed by atoms with van der Waals surface area (Å²) in [6.45, 7) is 4.23. The van der Waals surface area contributed by atoms with Crippen molar-refractivity contribution >= 4 is 35.1 Å². The van der Waals surface area contributed by atoms with Gasteiger partial charge in [0.1, 0.15) is 5.69 Å². The number of nitrogens with zero attached hydrogens (tertiary/aromatic N) is 4. The monoisotopic (exact) mass is 433 g/mol. The molecule has 0 saturated heterocycles. The number of hydrogen-bond acceptors (Lipinski definition) is 6. The molecule has 150 valence electrons. The van der Waals surface area contributed by atoms with Crippen LogP contribution in [0.1, 0.15) is 0 Å². The minimum atomic E-state index is -2.48. The number of pyridine rings is 1. The molecule has 0 atom stereocenters. The van der Waals surface area contributed by atoms with Gasteiger partial charge in [0.2, 0.25) is 5.91 Å². The Bertz CT molecular complexity index is 964. The second kappa shape index (κ2) is 10.2. The molecule has 1 N–H and O–H groups in total. The van der Waals surface area contributed by atoms with E-state index in [-0.39, 0.29) is 11.7 Å². The molecule has 6 nitrogen and oxygen atoms in total. The van der Waals surface area contributed by atoms with Gasteiger partial charge in [-0.3, -0.25) is 14.3 Å². The molecule has 1 aromatic carbocycles. The topological polar surface area (TPSA) is 72.7 Å². The number of thioether (sulfide) groups is 2. The summed E-state index contributed by atoms with van der Waals surface area (Å²) in [6.07, 6.45) is 3.40. The Hall–Kier alpha value is -2.72. The summed E-state index contributed by atoms with van der Waals surface area (Å²) in [7, 11) is 0. The van der Waals surface area contributed by atoms with E-state index in [1.165, 1.54) is 11.8 Å². The van der Waals surface area contributed by atoms with Crippen molar-refractivity contribution < 1.29 is 13.6 Å². The van der Waals surface area contributed by atoms with Crippen LogP contribution in [0.15, 0.2) is 71.4 Å². The maximum absolute atomic E-state index is 12.4. The van der Waals surface area contributed by atoms with E-state index in [2.05, 4.69) is 27.1 Å². The zero-order chi connectivity index (χ0) is 20.6. The zero-order valence-corrected chi connectivity index (χ0v) is 16.8. The fourth-order valence-corrected chi connectivity index (χ4v) is 3.67. The summed E-state index contributed by atoms with van der Waals surface area (Å²) < 4.78 is 26.6. The van der Waals surface area contributed by atoms with E-state index < -0.39 is 5.76 Å². The molecule has 0 aliphatic heterocycles. The molecule has 0 unspecified atom stereocenters. The Morgan fingerprint density at radius 1 is 1.21 bits per heavy atom.